The van der Waals surface area contributed by atoms with E-state index in [-0.39, 0.29) is 6.54 Å². The second-order valence-corrected chi connectivity index (χ2v) is 5.32. The summed E-state index contributed by atoms with van der Waals surface area (Å²) in [6, 6.07) is 0.300. The van der Waals surface area contributed by atoms with Crippen LogP contribution < -0.4 is 5.32 Å². The maximum atomic E-state index is 13.4. The highest BCUT2D eigenvalue weighted by Crippen LogP contribution is 2.27. The molecule has 1 fully saturated rings. The summed E-state index contributed by atoms with van der Waals surface area (Å²) in [5.74, 6) is -8.48. The molecule has 1 aliphatic rings. The first-order valence-corrected chi connectivity index (χ1v) is 6.68. The minimum atomic E-state index is -2.03. The van der Waals surface area contributed by atoms with Gasteiger partial charge in [-0.05, 0) is 18.9 Å². The van der Waals surface area contributed by atoms with Gasteiger partial charge in [-0.3, -0.25) is 4.79 Å². The Hall–Kier alpha value is -1.63. The van der Waals surface area contributed by atoms with Gasteiger partial charge in [0.25, 0.3) is 5.91 Å². The smallest absolute Gasteiger partial charge is 0.254 e. The molecular formula is C14H15F4NO2. The Labute approximate surface area is 119 Å². The molecule has 0 aliphatic heterocycles. The average Bonchev–Trinajstić information content (AvgIpc) is 2.47. The summed E-state index contributed by atoms with van der Waals surface area (Å²) in [6.45, 7) is -0.147. The normalized spacial score (nSPS) is 17.6. The molecule has 1 aliphatic carbocycles. The van der Waals surface area contributed by atoms with Crippen molar-refractivity contribution in [1.82, 2.24) is 5.32 Å². The van der Waals surface area contributed by atoms with Gasteiger partial charge in [-0.2, -0.15) is 0 Å². The van der Waals surface area contributed by atoms with Crippen LogP contribution in [-0.2, 0) is 0 Å². The van der Waals surface area contributed by atoms with Crippen LogP contribution in [-0.4, -0.2) is 23.2 Å². The van der Waals surface area contributed by atoms with E-state index in [0.717, 1.165) is 19.3 Å². The van der Waals surface area contributed by atoms with Crippen molar-refractivity contribution >= 4 is 5.91 Å². The lowest BCUT2D eigenvalue weighted by Crippen LogP contribution is -2.44. The average molecular weight is 305 g/mol. The number of benzene rings is 1. The first-order chi connectivity index (χ1) is 9.84. The van der Waals surface area contributed by atoms with Crippen LogP contribution in [0, 0.1) is 23.3 Å². The van der Waals surface area contributed by atoms with Crippen molar-refractivity contribution in [3.63, 3.8) is 0 Å². The lowest BCUT2D eigenvalue weighted by atomic mass is 9.85. The number of rotatable bonds is 3. The monoisotopic (exact) mass is 305 g/mol. The van der Waals surface area contributed by atoms with Gasteiger partial charge in [0.15, 0.2) is 23.3 Å². The zero-order chi connectivity index (χ0) is 15.6. The number of hydrogen-bond acceptors (Lipinski definition) is 2. The molecule has 2 N–H and O–H groups in total. The Balaban J connectivity index is 2.10. The standard InChI is InChI=1S/C14H15F4NO2/c15-9-6-8(10(16)12(18)11(9)17)13(20)19-7-14(21)4-2-1-3-5-14/h6,21H,1-5,7H2,(H,19,20). The van der Waals surface area contributed by atoms with Crippen LogP contribution in [0.5, 0.6) is 0 Å². The first-order valence-electron chi connectivity index (χ1n) is 6.68. The lowest BCUT2D eigenvalue weighted by molar-refractivity contribution is 0.00520. The van der Waals surface area contributed by atoms with E-state index in [9.17, 15) is 27.5 Å². The molecule has 7 heteroatoms. The lowest BCUT2D eigenvalue weighted by Gasteiger charge is -2.32. The van der Waals surface area contributed by atoms with Crippen molar-refractivity contribution in [3.8, 4) is 0 Å². The predicted molar refractivity (Wildman–Crippen MR) is 66.6 cm³/mol. The third-order valence-electron chi connectivity index (χ3n) is 3.71. The number of halogens is 4. The fraction of sp³-hybridized carbons (Fsp3) is 0.500. The van der Waals surface area contributed by atoms with Crippen LogP contribution in [0.2, 0.25) is 0 Å². The quantitative estimate of drug-likeness (QED) is 0.512. The summed E-state index contributed by atoms with van der Waals surface area (Å²) in [7, 11) is 0. The molecule has 1 aromatic carbocycles. The topological polar surface area (TPSA) is 49.3 Å². The molecular weight excluding hydrogens is 290 g/mol. The fourth-order valence-corrected chi connectivity index (χ4v) is 2.46. The van der Waals surface area contributed by atoms with E-state index in [1.165, 1.54) is 0 Å². The molecule has 0 spiro atoms. The van der Waals surface area contributed by atoms with E-state index in [0.29, 0.717) is 18.9 Å². The SMILES string of the molecule is O=C(NCC1(O)CCCCC1)c1cc(F)c(F)c(F)c1F. The number of aliphatic hydroxyl groups is 1. The van der Waals surface area contributed by atoms with Crippen LogP contribution in [0.3, 0.4) is 0 Å². The van der Waals surface area contributed by atoms with Crippen LogP contribution in [0.15, 0.2) is 6.07 Å². The number of carbonyl (C=O) groups excluding carboxylic acids is 1. The van der Waals surface area contributed by atoms with Crippen molar-refractivity contribution in [2.24, 2.45) is 0 Å². The molecule has 0 saturated heterocycles. The number of nitrogens with one attached hydrogen (secondary N) is 1. The van der Waals surface area contributed by atoms with Crippen LogP contribution >= 0.6 is 0 Å². The second-order valence-electron chi connectivity index (χ2n) is 5.32. The van der Waals surface area contributed by atoms with E-state index < -0.39 is 40.3 Å². The summed E-state index contributed by atoms with van der Waals surface area (Å²) >= 11 is 0. The highest BCUT2D eigenvalue weighted by Gasteiger charge is 2.30. The zero-order valence-electron chi connectivity index (χ0n) is 11.2. The van der Waals surface area contributed by atoms with Gasteiger partial charge >= 0.3 is 0 Å². The van der Waals surface area contributed by atoms with Crippen LogP contribution in [0.4, 0.5) is 17.6 Å². The zero-order valence-corrected chi connectivity index (χ0v) is 11.2. The van der Waals surface area contributed by atoms with Gasteiger partial charge in [0.05, 0.1) is 11.2 Å². The molecule has 1 amide bonds. The maximum absolute atomic E-state index is 13.4. The molecule has 0 unspecified atom stereocenters. The van der Waals surface area contributed by atoms with E-state index >= 15 is 0 Å². The molecule has 116 valence electrons. The van der Waals surface area contributed by atoms with Gasteiger partial charge in [-0.25, -0.2) is 17.6 Å². The van der Waals surface area contributed by atoms with Crippen molar-refractivity contribution < 1.29 is 27.5 Å². The largest absolute Gasteiger partial charge is 0.388 e. The molecule has 0 aromatic heterocycles. The Morgan fingerprint density at radius 3 is 2.33 bits per heavy atom. The summed E-state index contributed by atoms with van der Waals surface area (Å²) in [5.41, 5.74) is -2.02. The summed E-state index contributed by atoms with van der Waals surface area (Å²) in [5, 5.41) is 12.4. The van der Waals surface area contributed by atoms with Gasteiger partial charge in [0, 0.05) is 6.54 Å². The number of carbonyl (C=O) groups is 1. The molecule has 3 nitrogen and oxygen atoms in total. The van der Waals surface area contributed by atoms with E-state index in [1.807, 2.05) is 0 Å². The van der Waals surface area contributed by atoms with E-state index in [4.69, 9.17) is 0 Å². The minimum absolute atomic E-state index is 0.147. The second kappa shape index (κ2) is 6.01. The summed E-state index contributed by atoms with van der Waals surface area (Å²) in [4.78, 5) is 11.7. The molecule has 0 heterocycles. The molecule has 21 heavy (non-hydrogen) atoms. The highest BCUT2D eigenvalue weighted by atomic mass is 19.2. The van der Waals surface area contributed by atoms with Crippen LogP contribution in [0.1, 0.15) is 42.5 Å². The Kier molecular flexibility index (Phi) is 4.51. The number of amides is 1. The number of hydrogen-bond donors (Lipinski definition) is 2. The molecule has 0 radical (unpaired) electrons. The molecule has 1 aromatic rings. The molecule has 1 saturated carbocycles. The van der Waals surface area contributed by atoms with Crippen molar-refractivity contribution in [1.29, 1.82) is 0 Å². The van der Waals surface area contributed by atoms with E-state index in [2.05, 4.69) is 5.32 Å². The molecule has 0 atom stereocenters. The van der Waals surface area contributed by atoms with Crippen molar-refractivity contribution in [3.05, 3.63) is 34.9 Å². The van der Waals surface area contributed by atoms with E-state index in [1.54, 1.807) is 0 Å². The van der Waals surface area contributed by atoms with Crippen LogP contribution in [0.25, 0.3) is 0 Å². The van der Waals surface area contributed by atoms with Gasteiger partial charge in [-0.15, -0.1) is 0 Å². The van der Waals surface area contributed by atoms with Gasteiger partial charge in [0.1, 0.15) is 0 Å². The molecule has 2 rings (SSSR count). The van der Waals surface area contributed by atoms with Crippen molar-refractivity contribution in [2.75, 3.05) is 6.54 Å². The van der Waals surface area contributed by atoms with Crippen molar-refractivity contribution in [2.45, 2.75) is 37.7 Å². The maximum Gasteiger partial charge on any atom is 0.254 e. The highest BCUT2D eigenvalue weighted by molar-refractivity contribution is 5.94. The summed E-state index contributed by atoms with van der Waals surface area (Å²) < 4.78 is 52.4. The first kappa shape index (κ1) is 15.8. The summed E-state index contributed by atoms with van der Waals surface area (Å²) in [6.07, 6.45) is 3.57. The third kappa shape index (κ3) is 3.34. The third-order valence-corrected chi connectivity index (χ3v) is 3.71. The minimum Gasteiger partial charge on any atom is -0.388 e. The van der Waals surface area contributed by atoms with Gasteiger partial charge in [-0.1, -0.05) is 19.3 Å². The van der Waals surface area contributed by atoms with Gasteiger partial charge in [0.2, 0.25) is 0 Å². The predicted octanol–water partition coefficient (Wildman–Crippen LogP) is 2.67. The molecule has 0 bridgehead atoms. The van der Waals surface area contributed by atoms with Gasteiger partial charge < -0.3 is 10.4 Å². The Morgan fingerprint density at radius 2 is 1.71 bits per heavy atom. The Morgan fingerprint density at radius 1 is 1.10 bits per heavy atom. The fourth-order valence-electron chi connectivity index (χ4n) is 2.46. The Bertz CT molecular complexity index is 556.